The summed E-state index contributed by atoms with van der Waals surface area (Å²) in [5.74, 6) is -0.835. The van der Waals surface area contributed by atoms with E-state index in [1.165, 1.54) is 89.9 Å². The van der Waals surface area contributed by atoms with Gasteiger partial charge in [0.05, 0.1) is 13.2 Å². The minimum Gasteiger partial charge on any atom is -0.462 e. The topological polar surface area (TPSA) is 134 Å². The van der Waals surface area contributed by atoms with Crippen LogP contribution in [0.3, 0.4) is 0 Å². The molecule has 0 amide bonds. The van der Waals surface area contributed by atoms with Crippen LogP contribution in [-0.2, 0) is 32.7 Å². The molecule has 0 radical (unpaired) electrons. The lowest BCUT2D eigenvalue weighted by Gasteiger charge is -2.19. The first-order valence-electron chi connectivity index (χ1n) is 18.7. The normalized spacial score (nSPS) is 13.6. The summed E-state index contributed by atoms with van der Waals surface area (Å²) >= 11 is 0. The molecule has 272 valence electrons. The van der Waals surface area contributed by atoms with Crippen molar-refractivity contribution in [3.63, 3.8) is 0 Å². The van der Waals surface area contributed by atoms with Crippen molar-refractivity contribution in [1.29, 1.82) is 0 Å². The zero-order valence-corrected chi connectivity index (χ0v) is 30.5. The fraction of sp³-hybridized carbons (Fsp3) is 0.889. The highest BCUT2D eigenvalue weighted by atomic mass is 31.2. The van der Waals surface area contributed by atoms with E-state index in [0.29, 0.717) is 6.42 Å². The fourth-order valence-electron chi connectivity index (χ4n) is 5.10. The van der Waals surface area contributed by atoms with Gasteiger partial charge in [0.2, 0.25) is 0 Å². The molecular weight excluding hydrogens is 605 g/mol. The largest absolute Gasteiger partial charge is 0.472 e. The van der Waals surface area contributed by atoms with Crippen LogP contribution in [-0.4, -0.2) is 49.3 Å². The molecule has 0 spiro atoms. The van der Waals surface area contributed by atoms with Gasteiger partial charge in [-0.05, 0) is 38.5 Å². The Balaban J connectivity index is 4.24. The molecule has 0 bridgehead atoms. The molecule has 0 aliphatic carbocycles. The van der Waals surface area contributed by atoms with Crippen molar-refractivity contribution < 1.29 is 37.6 Å². The molecular formula is C36H70NO8P. The number of ether oxygens (including phenoxy) is 2. The van der Waals surface area contributed by atoms with E-state index >= 15 is 0 Å². The van der Waals surface area contributed by atoms with Gasteiger partial charge in [0.15, 0.2) is 6.10 Å². The number of phosphoric acid groups is 1. The summed E-state index contributed by atoms with van der Waals surface area (Å²) in [7, 11) is -4.36. The summed E-state index contributed by atoms with van der Waals surface area (Å²) in [6.45, 7) is 3.70. The Bertz CT molecular complexity index is 779. The number of allylic oxidation sites excluding steroid dienone is 2. The molecule has 2 atom stereocenters. The van der Waals surface area contributed by atoms with E-state index in [1.807, 2.05) is 0 Å². The molecule has 3 N–H and O–H groups in total. The van der Waals surface area contributed by atoms with Crippen molar-refractivity contribution in [2.24, 2.45) is 5.73 Å². The molecule has 2 unspecified atom stereocenters. The number of esters is 2. The first-order valence-corrected chi connectivity index (χ1v) is 20.2. The molecule has 0 aromatic rings. The quantitative estimate of drug-likeness (QED) is 0.0291. The van der Waals surface area contributed by atoms with Crippen LogP contribution < -0.4 is 5.73 Å². The van der Waals surface area contributed by atoms with Crippen LogP contribution in [0.4, 0.5) is 0 Å². The van der Waals surface area contributed by atoms with E-state index < -0.39 is 26.5 Å². The van der Waals surface area contributed by atoms with Gasteiger partial charge in [0, 0.05) is 19.4 Å². The molecule has 46 heavy (non-hydrogen) atoms. The van der Waals surface area contributed by atoms with Gasteiger partial charge in [-0.3, -0.25) is 18.6 Å². The van der Waals surface area contributed by atoms with E-state index in [2.05, 4.69) is 26.0 Å². The van der Waals surface area contributed by atoms with E-state index in [-0.39, 0.29) is 38.6 Å². The Morgan fingerprint density at radius 2 is 1.07 bits per heavy atom. The second kappa shape index (κ2) is 33.6. The highest BCUT2D eigenvalue weighted by molar-refractivity contribution is 7.47. The molecule has 0 aromatic heterocycles. The van der Waals surface area contributed by atoms with Crippen LogP contribution in [0, 0.1) is 0 Å². The Labute approximate surface area is 281 Å². The molecule has 0 aliphatic heterocycles. The Morgan fingerprint density at radius 1 is 0.630 bits per heavy atom. The lowest BCUT2D eigenvalue weighted by molar-refractivity contribution is -0.161. The number of unbranched alkanes of at least 4 members (excludes halogenated alkanes) is 20. The number of carbonyl (C=O) groups excluding carboxylic acids is 2. The fourth-order valence-corrected chi connectivity index (χ4v) is 5.86. The van der Waals surface area contributed by atoms with Gasteiger partial charge < -0.3 is 20.1 Å². The second-order valence-corrected chi connectivity index (χ2v) is 13.9. The standard InChI is InChI=1S/C36H70NO8P/c1-3-5-7-9-11-13-15-17-19-21-23-25-27-29-36(39)45-34(33-44-46(40,41)43-31-30-37)32-42-35(38)28-26-24-22-20-18-16-14-12-10-8-6-4-2/h13,15,34H,3-12,14,16-33,37H2,1-2H3,(H,40,41)/b15-13-. The van der Waals surface area contributed by atoms with Crippen molar-refractivity contribution in [3.8, 4) is 0 Å². The van der Waals surface area contributed by atoms with Gasteiger partial charge in [0.1, 0.15) is 6.61 Å². The average molecular weight is 676 g/mol. The van der Waals surface area contributed by atoms with Crippen LogP contribution in [0.25, 0.3) is 0 Å². The molecule has 0 fully saturated rings. The third kappa shape index (κ3) is 32.7. The minimum absolute atomic E-state index is 0.0545. The van der Waals surface area contributed by atoms with Gasteiger partial charge in [0.25, 0.3) is 0 Å². The summed E-state index contributed by atoms with van der Waals surface area (Å²) < 4.78 is 32.6. The summed E-state index contributed by atoms with van der Waals surface area (Å²) in [6.07, 6.45) is 30.9. The number of carbonyl (C=O) groups is 2. The zero-order valence-electron chi connectivity index (χ0n) is 29.6. The Kier molecular flexibility index (Phi) is 32.7. The van der Waals surface area contributed by atoms with Gasteiger partial charge in [-0.15, -0.1) is 0 Å². The third-order valence-corrected chi connectivity index (χ3v) is 8.89. The van der Waals surface area contributed by atoms with E-state index in [0.717, 1.165) is 51.4 Å². The highest BCUT2D eigenvalue weighted by Gasteiger charge is 2.25. The van der Waals surface area contributed by atoms with Crippen LogP contribution >= 0.6 is 7.82 Å². The molecule has 0 saturated carbocycles. The van der Waals surface area contributed by atoms with Crippen LogP contribution in [0.2, 0.25) is 0 Å². The number of hydrogen-bond donors (Lipinski definition) is 2. The van der Waals surface area contributed by atoms with Crippen LogP contribution in [0.1, 0.15) is 174 Å². The Hall–Kier alpha value is -1.25. The predicted octanol–water partition coefficient (Wildman–Crippen LogP) is 9.88. The maximum absolute atomic E-state index is 12.5. The van der Waals surface area contributed by atoms with Crippen molar-refractivity contribution in [1.82, 2.24) is 0 Å². The number of nitrogens with two attached hydrogens (primary N) is 1. The molecule has 0 aliphatic rings. The summed E-state index contributed by atoms with van der Waals surface area (Å²) in [5, 5.41) is 0. The van der Waals surface area contributed by atoms with E-state index in [9.17, 15) is 19.0 Å². The van der Waals surface area contributed by atoms with Gasteiger partial charge in [-0.25, -0.2) is 4.57 Å². The lowest BCUT2D eigenvalue weighted by Crippen LogP contribution is -2.29. The molecule has 9 nitrogen and oxygen atoms in total. The summed E-state index contributed by atoms with van der Waals surface area (Å²) in [4.78, 5) is 34.6. The number of rotatable bonds is 35. The smallest absolute Gasteiger partial charge is 0.462 e. The number of hydrogen-bond acceptors (Lipinski definition) is 8. The molecule has 0 heterocycles. The zero-order chi connectivity index (χ0) is 34.0. The molecule has 0 saturated heterocycles. The van der Waals surface area contributed by atoms with Crippen molar-refractivity contribution in [2.45, 2.75) is 180 Å². The first kappa shape index (κ1) is 44.8. The number of phosphoric ester groups is 1. The average Bonchev–Trinajstić information content (AvgIpc) is 3.04. The molecule has 0 aromatic carbocycles. The summed E-state index contributed by atoms with van der Waals surface area (Å²) in [5.41, 5.74) is 5.32. The minimum atomic E-state index is -4.36. The molecule has 10 heteroatoms. The maximum atomic E-state index is 12.5. The van der Waals surface area contributed by atoms with Crippen molar-refractivity contribution >= 4 is 19.8 Å². The second-order valence-electron chi connectivity index (χ2n) is 12.4. The first-order chi connectivity index (χ1) is 22.3. The monoisotopic (exact) mass is 675 g/mol. The predicted molar refractivity (Wildman–Crippen MR) is 188 cm³/mol. The van der Waals surface area contributed by atoms with Crippen molar-refractivity contribution in [2.75, 3.05) is 26.4 Å². The highest BCUT2D eigenvalue weighted by Crippen LogP contribution is 2.43. The van der Waals surface area contributed by atoms with E-state index in [1.54, 1.807) is 0 Å². The maximum Gasteiger partial charge on any atom is 0.472 e. The summed E-state index contributed by atoms with van der Waals surface area (Å²) in [6, 6.07) is 0. The third-order valence-electron chi connectivity index (χ3n) is 7.90. The van der Waals surface area contributed by atoms with E-state index in [4.69, 9.17) is 24.3 Å². The van der Waals surface area contributed by atoms with Crippen LogP contribution in [0.15, 0.2) is 12.2 Å². The SMILES string of the molecule is CCCCCC/C=C\CCCCCCCC(=O)OC(COC(=O)CCCCCCCCCCCCCC)COP(=O)(O)OCCN. The van der Waals surface area contributed by atoms with Gasteiger partial charge in [-0.2, -0.15) is 0 Å². The van der Waals surface area contributed by atoms with Gasteiger partial charge >= 0.3 is 19.8 Å². The lowest BCUT2D eigenvalue weighted by atomic mass is 10.0. The molecule has 0 rings (SSSR count). The van der Waals surface area contributed by atoms with Crippen molar-refractivity contribution in [3.05, 3.63) is 12.2 Å². The van der Waals surface area contributed by atoms with Crippen LogP contribution in [0.5, 0.6) is 0 Å². The Morgan fingerprint density at radius 3 is 1.57 bits per heavy atom. The van der Waals surface area contributed by atoms with Gasteiger partial charge in [-0.1, -0.05) is 135 Å².